The molecule has 1 aliphatic heterocycles. The quantitative estimate of drug-likeness (QED) is 0.296. The van der Waals surface area contributed by atoms with Crippen LogP contribution in [0.2, 0.25) is 0 Å². The number of amides is 2. The number of hydrogen-bond donors (Lipinski definition) is 3. The number of pyridine rings is 1. The van der Waals surface area contributed by atoms with Crippen LogP contribution in [-0.4, -0.2) is 54.2 Å². The van der Waals surface area contributed by atoms with Crippen molar-refractivity contribution in [3.8, 4) is 11.1 Å². The number of aryl methyl sites for hydroxylation is 1. The highest BCUT2D eigenvalue weighted by Gasteiger charge is 2.48. The summed E-state index contributed by atoms with van der Waals surface area (Å²) < 4.78 is 18.5. The molecule has 0 bridgehead atoms. The first-order valence-corrected chi connectivity index (χ1v) is 12.9. The molecule has 12 heteroatoms. The summed E-state index contributed by atoms with van der Waals surface area (Å²) in [5.41, 5.74) is 1.53. The van der Waals surface area contributed by atoms with E-state index in [9.17, 15) is 14.7 Å². The minimum absolute atomic E-state index is 0.156. The van der Waals surface area contributed by atoms with Gasteiger partial charge in [0.05, 0.1) is 23.4 Å². The fraction of sp³-hybridized carbons (Fsp3) is 0.308. The van der Waals surface area contributed by atoms with Crippen molar-refractivity contribution in [3.05, 3.63) is 70.6 Å². The topological polar surface area (TPSA) is 135 Å². The molecule has 1 aliphatic rings. The van der Waals surface area contributed by atoms with E-state index >= 15 is 4.39 Å². The van der Waals surface area contributed by atoms with E-state index in [0.717, 1.165) is 22.2 Å². The monoisotopic (exact) mass is 581 g/mol. The van der Waals surface area contributed by atoms with Crippen LogP contribution in [0.5, 0.6) is 0 Å². The molecule has 2 unspecified atom stereocenters. The predicted molar refractivity (Wildman–Crippen MR) is 140 cm³/mol. The van der Waals surface area contributed by atoms with Crippen LogP contribution in [0.4, 0.5) is 4.39 Å². The summed E-state index contributed by atoms with van der Waals surface area (Å²) in [5.74, 6) is -4.26. The number of nitrogens with zero attached hydrogens (tertiary/aromatic N) is 5. The molecule has 3 N–H and O–H groups in total. The number of hydrogen-bond acceptors (Lipinski definition) is 8. The number of alkyl halides is 1. The number of carbonyl (C=O) groups excluding carboxylic acids is 2. The zero-order valence-corrected chi connectivity index (χ0v) is 22.2. The summed E-state index contributed by atoms with van der Waals surface area (Å²) in [7, 11) is 0. The number of aliphatic hydroxyl groups excluding tert-OH is 1. The van der Waals surface area contributed by atoms with E-state index in [0.29, 0.717) is 28.8 Å². The van der Waals surface area contributed by atoms with Gasteiger partial charge in [0.15, 0.2) is 0 Å². The number of benzene rings is 1. The largest absolute Gasteiger partial charge is 0.387 e. The maximum absolute atomic E-state index is 17.3. The standard InChI is InChI=1S/C26H25BrFN7O3/c1-14(36)23-18-11-16(17-12-30-15(2)31-13-17)8-9-20(18)35(34-23)26(28,21-6-3-7-22(27)32-21)25(38)33-24(37)19-5-4-10-29-19/h3,6-9,11-14,19,29,36H,4-5,10H2,1-2H3,(H,33,37,38)/t14-,19?,26?/m1/s1. The van der Waals surface area contributed by atoms with Crippen molar-refractivity contribution in [2.45, 2.75) is 44.6 Å². The second-order valence-electron chi connectivity index (χ2n) is 9.16. The summed E-state index contributed by atoms with van der Waals surface area (Å²) in [4.78, 5) is 39.0. The summed E-state index contributed by atoms with van der Waals surface area (Å²) in [6, 6.07) is 8.93. The Kier molecular flexibility index (Phi) is 7.03. The van der Waals surface area contributed by atoms with Crippen LogP contribution < -0.4 is 10.6 Å². The molecule has 38 heavy (non-hydrogen) atoms. The number of fused-ring (bicyclic) bond motifs is 1. The molecule has 1 aromatic carbocycles. The van der Waals surface area contributed by atoms with Crippen molar-refractivity contribution in [1.29, 1.82) is 0 Å². The Morgan fingerprint density at radius 2 is 2.00 bits per heavy atom. The SMILES string of the molecule is Cc1ncc(-c2ccc3c(c2)c([C@@H](C)O)nn3C(F)(C(=O)NC(=O)C2CCCN2)c2cccc(Br)n2)cn1. The van der Waals surface area contributed by atoms with Crippen molar-refractivity contribution in [3.63, 3.8) is 0 Å². The number of imide groups is 1. The van der Waals surface area contributed by atoms with Gasteiger partial charge in [-0.15, -0.1) is 0 Å². The van der Waals surface area contributed by atoms with E-state index in [-0.39, 0.29) is 16.9 Å². The van der Waals surface area contributed by atoms with Crippen LogP contribution in [0.15, 0.2) is 53.4 Å². The lowest BCUT2D eigenvalue weighted by Gasteiger charge is -2.25. The molecular weight excluding hydrogens is 557 g/mol. The van der Waals surface area contributed by atoms with E-state index in [1.807, 2.05) is 0 Å². The fourth-order valence-electron chi connectivity index (χ4n) is 4.51. The first kappa shape index (κ1) is 26.0. The van der Waals surface area contributed by atoms with Crippen molar-refractivity contribution in [2.24, 2.45) is 0 Å². The highest BCUT2D eigenvalue weighted by molar-refractivity contribution is 9.10. The smallest absolute Gasteiger partial charge is 0.323 e. The third-order valence-corrected chi connectivity index (χ3v) is 6.92. The lowest BCUT2D eigenvalue weighted by molar-refractivity contribution is -0.142. The third-order valence-electron chi connectivity index (χ3n) is 6.48. The van der Waals surface area contributed by atoms with Crippen LogP contribution >= 0.6 is 15.9 Å². The van der Waals surface area contributed by atoms with Gasteiger partial charge in [-0.25, -0.2) is 19.6 Å². The van der Waals surface area contributed by atoms with Crippen LogP contribution in [0.25, 0.3) is 22.0 Å². The number of aliphatic hydroxyl groups is 1. The molecule has 1 saturated heterocycles. The van der Waals surface area contributed by atoms with E-state index in [2.05, 4.69) is 46.6 Å². The minimum atomic E-state index is -3.02. The molecule has 3 aromatic heterocycles. The lowest BCUT2D eigenvalue weighted by Crippen LogP contribution is -2.53. The molecule has 4 heterocycles. The van der Waals surface area contributed by atoms with E-state index in [1.54, 1.807) is 43.6 Å². The maximum atomic E-state index is 17.3. The second kappa shape index (κ2) is 10.3. The van der Waals surface area contributed by atoms with Crippen LogP contribution in [0.3, 0.4) is 0 Å². The minimum Gasteiger partial charge on any atom is -0.387 e. The molecule has 196 valence electrons. The van der Waals surface area contributed by atoms with Crippen molar-refractivity contribution >= 4 is 38.6 Å². The van der Waals surface area contributed by atoms with Gasteiger partial charge in [-0.1, -0.05) is 12.1 Å². The van der Waals surface area contributed by atoms with E-state index in [4.69, 9.17) is 0 Å². The number of carbonyl (C=O) groups is 2. The van der Waals surface area contributed by atoms with Crippen molar-refractivity contribution in [1.82, 2.24) is 35.4 Å². The van der Waals surface area contributed by atoms with Crippen LogP contribution in [0, 0.1) is 6.92 Å². The molecular formula is C26H25BrFN7O3. The molecule has 2 amide bonds. The van der Waals surface area contributed by atoms with Crippen molar-refractivity contribution in [2.75, 3.05) is 6.54 Å². The Labute approximate surface area is 225 Å². The van der Waals surface area contributed by atoms with Gasteiger partial charge in [0, 0.05) is 23.3 Å². The van der Waals surface area contributed by atoms with Gasteiger partial charge in [-0.05, 0) is 79.0 Å². The molecule has 4 aromatic rings. The van der Waals surface area contributed by atoms with Crippen LogP contribution in [0.1, 0.15) is 43.1 Å². The number of halogens is 2. The average molecular weight is 582 g/mol. The maximum Gasteiger partial charge on any atom is 0.323 e. The number of nitrogens with one attached hydrogen (secondary N) is 2. The number of aromatic nitrogens is 5. The Morgan fingerprint density at radius 3 is 2.66 bits per heavy atom. The molecule has 10 nitrogen and oxygen atoms in total. The average Bonchev–Trinajstić information content (AvgIpc) is 3.57. The van der Waals surface area contributed by atoms with Gasteiger partial charge >= 0.3 is 5.79 Å². The molecule has 0 aliphatic carbocycles. The van der Waals surface area contributed by atoms with Gasteiger partial charge in [0.25, 0.3) is 5.91 Å². The highest BCUT2D eigenvalue weighted by atomic mass is 79.9. The molecule has 3 atom stereocenters. The highest BCUT2D eigenvalue weighted by Crippen LogP contribution is 2.36. The Bertz CT molecular complexity index is 1520. The van der Waals surface area contributed by atoms with E-state index < -0.39 is 29.8 Å². The second-order valence-corrected chi connectivity index (χ2v) is 9.97. The molecule has 1 fully saturated rings. The molecule has 0 spiro atoms. The summed E-state index contributed by atoms with van der Waals surface area (Å²) in [6.45, 7) is 3.91. The molecule has 0 radical (unpaired) electrons. The summed E-state index contributed by atoms with van der Waals surface area (Å²) >= 11 is 3.23. The third kappa shape index (κ3) is 4.70. The normalized spacial score (nSPS) is 17.8. The number of rotatable bonds is 6. The Hall–Kier alpha value is -3.61. The molecule has 5 rings (SSSR count). The summed E-state index contributed by atoms with van der Waals surface area (Å²) in [6.07, 6.45) is 3.55. The summed E-state index contributed by atoms with van der Waals surface area (Å²) in [5, 5.41) is 20.5. The van der Waals surface area contributed by atoms with Crippen LogP contribution in [-0.2, 0) is 15.4 Å². The first-order valence-electron chi connectivity index (χ1n) is 12.1. The predicted octanol–water partition coefficient (Wildman–Crippen LogP) is 3.08. The van der Waals surface area contributed by atoms with Gasteiger partial charge < -0.3 is 10.4 Å². The lowest BCUT2D eigenvalue weighted by atomic mass is 10.0. The van der Waals surface area contributed by atoms with Gasteiger partial charge in [-0.3, -0.25) is 14.9 Å². The first-order chi connectivity index (χ1) is 18.2. The fourth-order valence-corrected chi connectivity index (χ4v) is 4.85. The van der Waals surface area contributed by atoms with Gasteiger partial charge in [0.2, 0.25) is 5.91 Å². The Morgan fingerprint density at radius 1 is 1.24 bits per heavy atom. The zero-order valence-electron chi connectivity index (χ0n) is 20.7. The Balaban J connectivity index is 1.67. The van der Waals surface area contributed by atoms with Crippen molar-refractivity contribution < 1.29 is 19.1 Å². The van der Waals surface area contributed by atoms with Gasteiger partial charge in [0.1, 0.15) is 16.1 Å². The van der Waals surface area contributed by atoms with E-state index in [1.165, 1.54) is 19.1 Å². The van der Waals surface area contributed by atoms with Gasteiger partial charge in [-0.2, -0.15) is 9.49 Å². The molecule has 0 saturated carbocycles. The zero-order chi connectivity index (χ0) is 27.0.